The molecular weight excluding hydrogens is 278 g/mol. The molecule has 0 bridgehead atoms. The van der Waals surface area contributed by atoms with Gasteiger partial charge in [-0.1, -0.05) is 31.2 Å². The van der Waals surface area contributed by atoms with E-state index in [4.69, 9.17) is 0 Å². The SMILES string of the molecule is CCC(=O)Nc1cc(NC(=O)Nc2ccccc2)ccc1C. The van der Waals surface area contributed by atoms with Gasteiger partial charge in [0.15, 0.2) is 0 Å². The minimum absolute atomic E-state index is 0.0611. The van der Waals surface area contributed by atoms with Gasteiger partial charge < -0.3 is 16.0 Å². The molecule has 3 N–H and O–H groups in total. The van der Waals surface area contributed by atoms with Crippen molar-refractivity contribution in [2.24, 2.45) is 0 Å². The Labute approximate surface area is 129 Å². The predicted octanol–water partition coefficient (Wildman–Crippen LogP) is 3.99. The van der Waals surface area contributed by atoms with Crippen LogP contribution in [0.4, 0.5) is 21.9 Å². The second kappa shape index (κ2) is 7.26. The van der Waals surface area contributed by atoms with Crippen LogP contribution in [0.5, 0.6) is 0 Å². The third-order valence-electron chi connectivity index (χ3n) is 3.12. The molecule has 0 spiro atoms. The van der Waals surface area contributed by atoms with Crippen molar-refractivity contribution in [3.05, 3.63) is 54.1 Å². The molecule has 0 aromatic heterocycles. The molecule has 5 nitrogen and oxygen atoms in total. The van der Waals surface area contributed by atoms with Crippen molar-refractivity contribution in [3.8, 4) is 0 Å². The van der Waals surface area contributed by atoms with E-state index in [-0.39, 0.29) is 11.9 Å². The van der Waals surface area contributed by atoms with E-state index in [1.54, 1.807) is 19.1 Å². The van der Waals surface area contributed by atoms with Crippen LogP contribution in [-0.2, 0) is 4.79 Å². The number of hydrogen-bond acceptors (Lipinski definition) is 2. The smallest absolute Gasteiger partial charge is 0.323 e. The molecule has 5 heteroatoms. The summed E-state index contributed by atoms with van der Waals surface area (Å²) in [5, 5.41) is 8.30. The number of aryl methyl sites for hydroxylation is 1. The van der Waals surface area contributed by atoms with Crippen LogP contribution in [0.1, 0.15) is 18.9 Å². The summed E-state index contributed by atoms with van der Waals surface area (Å²) in [6.45, 7) is 3.69. The Morgan fingerprint density at radius 3 is 2.27 bits per heavy atom. The van der Waals surface area contributed by atoms with Crippen LogP contribution in [-0.4, -0.2) is 11.9 Å². The van der Waals surface area contributed by atoms with E-state index in [1.807, 2.05) is 43.3 Å². The van der Waals surface area contributed by atoms with Crippen molar-refractivity contribution >= 4 is 29.0 Å². The first-order valence-electron chi connectivity index (χ1n) is 7.12. The Bertz CT molecular complexity index is 669. The zero-order valence-corrected chi connectivity index (χ0v) is 12.6. The molecule has 0 heterocycles. The Kier molecular flexibility index (Phi) is 5.14. The quantitative estimate of drug-likeness (QED) is 0.798. The molecule has 0 radical (unpaired) electrons. The second-order valence-electron chi connectivity index (χ2n) is 4.88. The third-order valence-corrected chi connectivity index (χ3v) is 3.12. The fourth-order valence-corrected chi connectivity index (χ4v) is 1.89. The number of amides is 3. The van der Waals surface area contributed by atoms with E-state index in [2.05, 4.69) is 16.0 Å². The predicted molar refractivity (Wildman–Crippen MR) is 89.2 cm³/mol. The maximum absolute atomic E-state index is 11.9. The standard InChI is InChI=1S/C17H19N3O2/c1-3-16(21)20-15-11-14(10-9-12(15)2)19-17(22)18-13-7-5-4-6-8-13/h4-11H,3H2,1-2H3,(H,20,21)(H2,18,19,22). The van der Waals surface area contributed by atoms with Crippen molar-refractivity contribution in [1.82, 2.24) is 0 Å². The number of nitrogens with one attached hydrogen (secondary N) is 3. The van der Waals surface area contributed by atoms with Crippen molar-refractivity contribution in [3.63, 3.8) is 0 Å². The lowest BCUT2D eigenvalue weighted by molar-refractivity contribution is -0.115. The van der Waals surface area contributed by atoms with E-state index in [9.17, 15) is 9.59 Å². The molecule has 0 aliphatic heterocycles. The number of urea groups is 1. The van der Waals surface area contributed by atoms with Crippen molar-refractivity contribution in [1.29, 1.82) is 0 Å². The van der Waals surface area contributed by atoms with E-state index >= 15 is 0 Å². The molecule has 2 aromatic carbocycles. The van der Waals surface area contributed by atoms with E-state index in [0.29, 0.717) is 23.5 Å². The first-order valence-corrected chi connectivity index (χ1v) is 7.12. The average molecular weight is 297 g/mol. The molecule has 2 rings (SSSR count). The summed E-state index contributed by atoms with van der Waals surface area (Å²) in [5.74, 6) is -0.0611. The molecule has 0 atom stereocenters. The van der Waals surface area contributed by atoms with Gasteiger partial charge in [-0.25, -0.2) is 4.79 Å². The van der Waals surface area contributed by atoms with Gasteiger partial charge in [-0.15, -0.1) is 0 Å². The van der Waals surface area contributed by atoms with E-state index in [0.717, 1.165) is 5.56 Å². The summed E-state index contributed by atoms with van der Waals surface area (Å²) < 4.78 is 0. The minimum Gasteiger partial charge on any atom is -0.326 e. The number of carbonyl (C=O) groups is 2. The second-order valence-corrected chi connectivity index (χ2v) is 4.88. The number of carbonyl (C=O) groups excluding carboxylic acids is 2. The highest BCUT2D eigenvalue weighted by Crippen LogP contribution is 2.20. The highest BCUT2D eigenvalue weighted by molar-refractivity contribution is 6.00. The first kappa shape index (κ1) is 15.6. The van der Waals surface area contributed by atoms with Gasteiger partial charge in [-0.2, -0.15) is 0 Å². The zero-order chi connectivity index (χ0) is 15.9. The monoisotopic (exact) mass is 297 g/mol. The van der Waals surface area contributed by atoms with E-state index < -0.39 is 0 Å². The fourth-order valence-electron chi connectivity index (χ4n) is 1.89. The molecular formula is C17H19N3O2. The van der Waals surface area contributed by atoms with Crippen LogP contribution in [0.15, 0.2) is 48.5 Å². The molecule has 0 saturated carbocycles. The highest BCUT2D eigenvalue weighted by atomic mass is 16.2. The van der Waals surface area contributed by atoms with Crippen molar-refractivity contribution in [2.45, 2.75) is 20.3 Å². The van der Waals surface area contributed by atoms with Gasteiger partial charge >= 0.3 is 6.03 Å². The number of anilines is 3. The molecule has 0 aliphatic carbocycles. The van der Waals surface area contributed by atoms with Gasteiger partial charge in [0.2, 0.25) is 5.91 Å². The first-order chi connectivity index (χ1) is 10.6. The number of hydrogen-bond donors (Lipinski definition) is 3. The number of para-hydroxylation sites is 1. The van der Waals surface area contributed by atoms with Crippen LogP contribution in [0.2, 0.25) is 0 Å². The molecule has 0 saturated heterocycles. The summed E-state index contributed by atoms with van der Waals surface area (Å²) >= 11 is 0. The number of benzene rings is 2. The Morgan fingerprint density at radius 2 is 1.59 bits per heavy atom. The molecule has 2 aromatic rings. The lowest BCUT2D eigenvalue weighted by atomic mass is 10.1. The Hall–Kier alpha value is -2.82. The number of rotatable bonds is 4. The van der Waals surface area contributed by atoms with Crippen LogP contribution >= 0.6 is 0 Å². The van der Waals surface area contributed by atoms with E-state index in [1.165, 1.54) is 0 Å². The van der Waals surface area contributed by atoms with Gasteiger partial charge in [-0.05, 0) is 36.8 Å². The normalized spacial score (nSPS) is 9.91. The summed E-state index contributed by atoms with van der Waals surface area (Å²) in [7, 11) is 0. The van der Waals surface area contributed by atoms with Gasteiger partial charge in [-0.3, -0.25) is 4.79 Å². The largest absolute Gasteiger partial charge is 0.326 e. The Morgan fingerprint density at radius 1 is 0.909 bits per heavy atom. The molecule has 0 unspecified atom stereocenters. The van der Waals surface area contributed by atoms with Gasteiger partial charge in [0.1, 0.15) is 0 Å². The van der Waals surface area contributed by atoms with Crippen LogP contribution in [0.3, 0.4) is 0 Å². The molecule has 22 heavy (non-hydrogen) atoms. The van der Waals surface area contributed by atoms with Crippen molar-refractivity contribution in [2.75, 3.05) is 16.0 Å². The van der Waals surface area contributed by atoms with Crippen LogP contribution in [0, 0.1) is 6.92 Å². The summed E-state index contributed by atoms with van der Waals surface area (Å²) in [5.41, 5.74) is 2.97. The Balaban J connectivity index is 2.04. The lowest BCUT2D eigenvalue weighted by Crippen LogP contribution is -2.19. The summed E-state index contributed by atoms with van der Waals surface area (Å²) in [6, 6.07) is 14.2. The summed E-state index contributed by atoms with van der Waals surface area (Å²) in [4.78, 5) is 23.4. The molecule has 3 amide bonds. The van der Waals surface area contributed by atoms with Gasteiger partial charge in [0.05, 0.1) is 0 Å². The molecule has 0 fully saturated rings. The fraction of sp³-hybridized carbons (Fsp3) is 0.176. The maximum atomic E-state index is 11.9. The average Bonchev–Trinajstić information content (AvgIpc) is 2.51. The maximum Gasteiger partial charge on any atom is 0.323 e. The van der Waals surface area contributed by atoms with Crippen LogP contribution < -0.4 is 16.0 Å². The molecule has 0 aliphatic rings. The topological polar surface area (TPSA) is 70.2 Å². The highest BCUT2D eigenvalue weighted by Gasteiger charge is 2.06. The lowest BCUT2D eigenvalue weighted by Gasteiger charge is -2.12. The van der Waals surface area contributed by atoms with Crippen molar-refractivity contribution < 1.29 is 9.59 Å². The molecule has 114 valence electrons. The third kappa shape index (κ3) is 4.34. The minimum atomic E-state index is -0.331. The van der Waals surface area contributed by atoms with Gasteiger partial charge in [0.25, 0.3) is 0 Å². The summed E-state index contributed by atoms with van der Waals surface area (Å²) in [6.07, 6.45) is 0.408. The zero-order valence-electron chi connectivity index (χ0n) is 12.6. The van der Waals surface area contributed by atoms with Crippen LogP contribution in [0.25, 0.3) is 0 Å². The van der Waals surface area contributed by atoms with Gasteiger partial charge in [0, 0.05) is 23.5 Å².